The third-order valence-corrected chi connectivity index (χ3v) is 8.93. The van der Waals surface area contributed by atoms with Crippen molar-refractivity contribution < 1.29 is 27.7 Å². The number of benzene rings is 3. The van der Waals surface area contributed by atoms with Crippen molar-refractivity contribution in [1.82, 2.24) is 14.9 Å². The van der Waals surface area contributed by atoms with Crippen molar-refractivity contribution in [3.8, 4) is 45.5 Å². The molecule has 0 amide bonds. The molecule has 0 saturated carbocycles. The fraction of sp³-hybridized carbons (Fsp3) is 0.282. The van der Waals surface area contributed by atoms with Gasteiger partial charge in [-0.1, -0.05) is 0 Å². The van der Waals surface area contributed by atoms with Gasteiger partial charge in [-0.05, 0) is 96.8 Å². The van der Waals surface area contributed by atoms with Crippen molar-refractivity contribution in [1.29, 1.82) is 0 Å². The maximum Gasteiger partial charge on any atom is 0.203 e. The average Bonchev–Trinajstić information content (AvgIpc) is 3.13. The molecule has 8 nitrogen and oxygen atoms in total. The van der Waals surface area contributed by atoms with E-state index in [1.165, 1.54) is 17.7 Å². The van der Waals surface area contributed by atoms with Crippen molar-refractivity contribution >= 4 is 42.9 Å². The Hall–Kier alpha value is -4.35. The fourth-order valence-electron chi connectivity index (χ4n) is 6.44. The molecule has 1 fully saturated rings. The van der Waals surface area contributed by atoms with Gasteiger partial charge in [0.25, 0.3) is 0 Å². The maximum atomic E-state index is 14.0. The normalized spacial score (nSPS) is 12.8. The molecule has 3 aromatic carbocycles. The Morgan fingerprint density at radius 3 is 1.73 bits per heavy atom. The van der Waals surface area contributed by atoms with E-state index in [0.29, 0.717) is 35.1 Å². The lowest BCUT2D eigenvalue weighted by Crippen LogP contribution is -2.44. The van der Waals surface area contributed by atoms with Gasteiger partial charge in [0.05, 0.1) is 39.8 Å². The second-order valence-corrected chi connectivity index (χ2v) is 12.0. The molecule has 0 spiro atoms. The Kier molecular flexibility index (Phi) is 15.8. The lowest BCUT2D eigenvalue weighted by atomic mass is 10.00. The maximum absolute atomic E-state index is 14.0. The molecule has 0 bridgehead atoms. The Balaban J connectivity index is 0.00000243. The van der Waals surface area contributed by atoms with E-state index >= 15 is 0 Å². The molecule has 1 saturated heterocycles. The van der Waals surface area contributed by atoms with E-state index in [9.17, 15) is 8.78 Å². The smallest absolute Gasteiger partial charge is 0.203 e. The Morgan fingerprint density at radius 2 is 1.19 bits per heavy atom. The van der Waals surface area contributed by atoms with E-state index in [0.717, 1.165) is 66.8 Å². The third kappa shape index (κ3) is 9.95. The van der Waals surface area contributed by atoms with Crippen LogP contribution < -0.4 is 23.8 Å². The third-order valence-electron chi connectivity index (χ3n) is 8.93. The summed E-state index contributed by atoms with van der Waals surface area (Å²) in [5.41, 5.74) is 5.91. The molecule has 1 aliphatic rings. The monoisotopic (exact) mass is 774 g/mol. The summed E-state index contributed by atoms with van der Waals surface area (Å²) in [6.45, 7) is 3.26. The first-order valence-corrected chi connectivity index (χ1v) is 16.2. The van der Waals surface area contributed by atoms with Crippen molar-refractivity contribution in [2.24, 2.45) is 0 Å². The molecule has 5 aromatic rings. The summed E-state index contributed by atoms with van der Waals surface area (Å²) < 4.78 is 50.0. The van der Waals surface area contributed by atoms with Gasteiger partial charge in [0.2, 0.25) is 5.75 Å². The number of anilines is 1. The number of rotatable bonds is 12. The van der Waals surface area contributed by atoms with Gasteiger partial charge in [0, 0.05) is 67.5 Å². The molecule has 0 N–H and O–H groups in total. The fourth-order valence-corrected chi connectivity index (χ4v) is 6.44. The van der Waals surface area contributed by atoms with E-state index in [2.05, 4.69) is 44.0 Å². The van der Waals surface area contributed by atoms with Crippen molar-refractivity contribution in [3.05, 3.63) is 114 Å². The van der Waals surface area contributed by atoms with Crippen molar-refractivity contribution in [2.75, 3.05) is 46.4 Å². The highest BCUT2D eigenvalue weighted by atomic mass is 35.5. The standard InChI is InChI=1S/C39H40F2N4O4.3ClH/c1-46-34-7-5-32(6-8-34)45(25-27-10-14-42-35(18-27)28-19-30(40)23-31(41)20-28)33-11-15-44(16-12-33)24-26-9-13-43-36(17-26)29-21-37(47-2)39(49-4)38(22-29)48-3;;;/h5-10,13-14,17-23,33H,11-12,15-16,24-25H2,1-4H3;3*1H. The predicted octanol–water partition coefficient (Wildman–Crippen LogP) is 9.06. The Labute approximate surface area is 322 Å². The van der Waals surface area contributed by atoms with E-state index in [1.54, 1.807) is 34.6 Å². The number of hydrogen-bond acceptors (Lipinski definition) is 8. The summed E-state index contributed by atoms with van der Waals surface area (Å²) >= 11 is 0. The largest absolute Gasteiger partial charge is 0.497 e. The summed E-state index contributed by atoms with van der Waals surface area (Å²) in [7, 11) is 6.46. The van der Waals surface area contributed by atoms with E-state index in [1.807, 2.05) is 42.6 Å². The molecular formula is C39H43Cl3F2N4O4. The lowest BCUT2D eigenvalue weighted by Gasteiger charge is -2.40. The highest BCUT2D eigenvalue weighted by Crippen LogP contribution is 2.41. The van der Waals surface area contributed by atoms with Gasteiger partial charge in [-0.2, -0.15) is 0 Å². The van der Waals surface area contributed by atoms with Crippen LogP contribution in [-0.2, 0) is 13.1 Å². The summed E-state index contributed by atoms with van der Waals surface area (Å²) in [5, 5.41) is 0. The minimum atomic E-state index is -0.627. The molecule has 1 aliphatic heterocycles. The van der Waals surface area contributed by atoms with Crippen LogP contribution >= 0.6 is 37.2 Å². The van der Waals surface area contributed by atoms with Gasteiger partial charge in [-0.25, -0.2) is 8.78 Å². The minimum Gasteiger partial charge on any atom is -0.497 e. The number of likely N-dealkylation sites (tertiary alicyclic amines) is 1. The van der Waals surface area contributed by atoms with Gasteiger partial charge in [0.1, 0.15) is 17.4 Å². The number of pyridine rings is 2. The summed E-state index contributed by atoms with van der Waals surface area (Å²) in [5.74, 6) is 1.25. The zero-order valence-corrected chi connectivity index (χ0v) is 31.8. The van der Waals surface area contributed by atoms with Crippen molar-refractivity contribution in [3.63, 3.8) is 0 Å². The van der Waals surface area contributed by atoms with Crippen LogP contribution in [0.4, 0.5) is 14.5 Å². The van der Waals surface area contributed by atoms with Crippen molar-refractivity contribution in [2.45, 2.75) is 32.0 Å². The van der Waals surface area contributed by atoms with Gasteiger partial charge in [-0.3, -0.25) is 14.9 Å². The zero-order chi connectivity index (χ0) is 34.3. The molecule has 6 rings (SSSR count). The number of nitrogens with zero attached hydrogens (tertiary/aromatic N) is 4. The first kappa shape index (κ1) is 42.1. The summed E-state index contributed by atoms with van der Waals surface area (Å²) in [6, 6.07) is 23.7. The summed E-state index contributed by atoms with van der Waals surface area (Å²) in [6.07, 6.45) is 5.46. The number of aromatic nitrogens is 2. The van der Waals surface area contributed by atoms with Gasteiger partial charge < -0.3 is 23.8 Å². The molecule has 13 heteroatoms. The van der Waals surface area contributed by atoms with Crippen LogP contribution in [0.3, 0.4) is 0 Å². The molecule has 0 radical (unpaired) electrons. The quantitative estimate of drug-likeness (QED) is 0.124. The van der Waals surface area contributed by atoms with Crippen LogP contribution in [0, 0.1) is 11.6 Å². The molecule has 3 heterocycles. The molecule has 52 heavy (non-hydrogen) atoms. The number of ether oxygens (including phenoxy) is 4. The first-order chi connectivity index (χ1) is 23.9. The van der Waals surface area contributed by atoms with Crippen LogP contribution in [0.1, 0.15) is 24.0 Å². The highest BCUT2D eigenvalue weighted by molar-refractivity contribution is 5.86. The Morgan fingerprint density at radius 1 is 0.654 bits per heavy atom. The minimum absolute atomic E-state index is 0. The first-order valence-electron chi connectivity index (χ1n) is 16.2. The predicted molar refractivity (Wildman–Crippen MR) is 208 cm³/mol. The van der Waals surface area contributed by atoms with E-state index < -0.39 is 11.6 Å². The Bertz CT molecular complexity index is 1850. The second-order valence-electron chi connectivity index (χ2n) is 12.0. The summed E-state index contributed by atoms with van der Waals surface area (Å²) in [4.78, 5) is 13.9. The van der Waals surface area contributed by atoms with E-state index in [-0.39, 0.29) is 43.3 Å². The molecule has 278 valence electrons. The van der Waals surface area contributed by atoms with E-state index in [4.69, 9.17) is 18.9 Å². The van der Waals surface area contributed by atoms with Gasteiger partial charge in [-0.15, -0.1) is 37.2 Å². The molecule has 0 aliphatic carbocycles. The van der Waals surface area contributed by atoms with Gasteiger partial charge >= 0.3 is 0 Å². The number of methoxy groups -OCH3 is 4. The van der Waals surface area contributed by atoms with Crippen LogP contribution in [0.2, 0.25) is 0 Å². The molecule has 2 aromatic heterocycles. The van der Waals surface area contributed by atoms with Gasteiger partial charge in [0.15, 0.2) is 11.5 Å². The van der Waals surface area contributed by atoms with Crippen LogP contribution in [0.15, 0.2) is 91.3 Å². The van der Waals surface area contributed by atoms with Crippen LogP contribution in [0.25, 0.3) is 22.5 Å². The lowest BCUT2D eigenvalue weighted by molar-refractivity contribution is 0.201. The number of piperidine rings is 1. The van der Waals surface area contributed by atoms with Crippen LogP contribution in [0.5, 0.6) is 23.0 Å². The molecule has 0 unspecified atom stereocenters. The SMILES string of the molecule is COc1ccc(N(Cc2ccnc(-c3cc(F)cc(F)c3)c2)C2CCN(Cc3ccnc(-c4cc(OC)c(OC)c(OC)c4)c3)CC2)cc1.Cl.Cl.Cl. The van der Waals surface area contributed by atoms with Crippen LogP contribution in [-0.4, -0.2) is 62.4 Å². The number of hydrogen-bond donors (Lipinski definition) is 0. The highest BCUT2D eigenvalue weighted by Gasteiger charge is 2.26. The number of halogens is 5. The zero-order valence-electron chi connectivity index (χ0n) is 29.4. The topological polar surface area (TPSA) is 69.2 Å². The average molecular weight is 776 g/mol. The second kappa shape index (κ2) is 19.5. The molecular weight excluding hydrogens is 733 g/mol. The molecule has 0 atom stereocenters.